The van der Waals surface area contributed by atoms with Crippen molar-refractivity contribution in [3.8, 4) is 0 Å². The van der Waals surface area contributed by atoms with Crippen LogP contribution in [0.25, 0.3) is 0 Å². The van der Waals surface area contributed by atoms with Gasteiger partial charge in [-0.3, -0.25) is 0 Å². The van der Waals surface area contributed by atoms with Crippen molar-refractivity contribution in [2.24, 2.45) is 0 Å². The van der Waals surface area contributed by atoms with Crippen molar-refractivity contribution in [1.29, 1.82) is 0 Å². The van der Waals surface area contributed by atoms with E-state index in [4.69, 9.17) is 8.85 Å². The van der Waals surface area contributed by atoms with E-state index >= 15 is 0 Å². The molecule has 288 valence electrons. The van der Waals surface area contributed by atoms with Crippen molar-refractivity contribution in [3.63, 3.8) is 0 Å². The van der Waals surface area contributed by atoms with Crippen molar-refractivity contribution in [3.05, 3.63) is 0 Å². The minimum Gasteiger partial charge on any atom is -0.459 e. The highest BCUT2D eigenvalue weighted by Gasteiger charge is 2.46. The second-order valence-electron chi connectivity index (χ2n) is 13.7. The van der Waals surface area contributed by atoms with Gasteiger partial charge in [-0.1, -0.05) is 167 Å². The number of esters is 1. The second kappa shape index (κ2) is 29.9. The zero-order valence-corrected chi connectivity index (χ0v) is 31.7. The van der Waals surface area contributed by atoms with Crippen LogP contribution in [-0.4, -0.2) is 46.2 Å². The first-order valence-electron chi connectivity index (χ1n) is 19.5. The maximum Gasteiger partial charge on any atom is 0.490 e. The zero-order valence-electron chi connectivity index (χ0n) is 30.7. The minimum absolute atomic E-state index is 0.0133. The highest BCUT2D eigenvalue weighted by molar-refractivity contribution is 6.66. The molecule has 0 radical (unpaired) electrons. The summed E-state index contributed by atoms with van der Waals surface area (Å²) >= 11 is 0. The first kappa shape index (κ1) is 47.2. The van der Waals surface area contributed by atoms with E-state index in [2.05, 4.69) is 11.7 Å². The lowest BCUT2D eigenvalue weighted by Gasteiger charge is -2.32. The number of rotatable bonds is 34. The van der Waals surface area contributed by atoms with E-state index in [0.29, 0.717) is 25.5 Å². The topological polar surface area (TPSA) is 44.8 Å². The van der Waals surface area contributed by atoms with Gasteiger partial charge in [0.1, 0.15) is 6.10 Å². The van der Waals surface area contributed by atoms with Gasteiger partial charge in [-0.15, -0.1) is 0 Å². The third-order valence-electron chi connectivity index (χ3n) is 9.02. The first-order valence-corrected chi connectivity index (χ1v) is 22.0. The summed E-state index contributed by atoms with van der Waals surface area (Å²) < 4.78 is 93.8. The van der Waals surface area contributed by atoms with Gasteiger partial charge in [-0.25, -0.2) is 4.79 Å². The Balaban J connectivity index is 3.98. The molecule has 0 heterocycles. The molecular formula is C37H70F6O4Si. The third kappa shape index (κ3) is 29.0. The van der Waals surface area contributed by atoms with Gasteiger partial charge in [0.15, 0.2) is 0 Å². The Kier molecular flexibility index (Phi) is 29.4. The van der Waals surface area contributed by atoms with Crippen molar-refractivity contribution < 1.29 is 44.7 Å². The molecule has 2 atom stereocenters. The zero-order chi connectivity index (χ0) is 36.0. The van der Waals surface area contributed by atoms with Gasteiger partial charge in [0, 0.05) is 6.61 Å². The molecule has 0 aromatic heterocycles. The summed E-state index contributed by atoms with van der Waals surface area (Å²) in [7, 11) is -2.93. The fraction of sp³-hybridized carbons (Fsp3) is 0.973. The van der Waals surface area contributed by atoms with Gasteiger partial charge in [0.05, 0.1) is 6.61 Å². The van der Waals surface area contributed by atoms with Crippen molar-refractivity contribution in [2.45, 2.75) is 218 Å². The molecule has 0 bridgehead atoms. The normalized spacial score (nSPS) is 14.3. The molecule has 0 saturated heterocycles. The van der Waals surface area contributed by atoms with Crippen molar-refractivity contribution in [1.82, 2.24) is 0 Å². The van der Waals surface area contributed by atoms with Crippen LogP contribution in [0, 0.1) is 0 Å². The Hall–Kier alpha value is -0.813. The third-order valence-corrected chi connectivity index (χ3v) is 12.0. The number of alkyl halides is 6. The van der Waals surface area contributed by atoms with Crippen LogP contribution in [0.2, 0.25) is 12.6 Å². The molecule has 0 amide bonds. The predicted molar refractivity (Wildman–Crippen MR) is 186 cm³/mol. The summed E-state index contributed by atoms with van der Waals surface area (Å²) in [4.78, 5) is 10.6. The predicted octanol–water partition coefficient (Wildman–Crippen LogP) is 13.7. The van der Waals surface area contributed by atoms with Gasteiger partial charge < -0.3 is 13.6 Å². The molecule has 4 nitrogen and oxygen atoms in total. The number of carbonyl (C=O) groups is 1. The van der Waals surface area contributed by atoms with Crippen LogP contribution in [0.5, 0.6) is 0 Å². The van der Waals surface area contributed by atoms with Gasteiger partial charge in [0.2, 0.25) is 0 Å². The number of hydrogen-bond acceptors (Lipinski definition) is 4. The maximum absolute atomic E-state index is 13.9. The average Bonchev–Trinajstić information content (AvgIpc) is 3.01. The van der Waals surface area contributed by atoms with Crippen LogP contribution >= 0.6 is 0 Å². The van der Waals surface area contributed by atoms with Crippen molar-refractivity contribution in [2.75, 3.05) is 13.2 Å². The summed E-state index contributed by atoms with van der Waals surface area (Å²) in [5.41, 5.74) is 0. The Morgan fingerprint density at radius 1 is 0.562 bits per heavy atom. The van der Waals surface area contributed by atoms with E-state index in [1.807, 2.05) is 6.92 Å². The molecule has 11 heteroatoms. The molecule has 0 aliphatic rings. The molecule has 0 N–H and O–H groups in total. The van der Waals surface area contributed by atoms with E-state index in [1.54, 1.807) is 6.55 Å². The highest BCUT2D eigenvalue weighted by atomic mass is 28.4. The van der Waals surface area contributed by atoms with Crippen LogP contribution in [0.3, 0.4) is 0 Å². The Morgan fingerprint density at radius 2 is 0.938 bits per heavy atom. The first-order chi connectivity index (χ1) is 22.9. The summed E-state index contributed by atoms with van der Waals surface area (Å²) in [5.74, 6) is -2.12. The van der Waals surface area contributed by atoms with Crippen LogP contribution < -0.4 is 0 Å². The van der Waals surface area contributed by atoms with E-state index in [1.165, 1.54) is 57.8 Å². The molecule has 2 unspecified atom stereocenters. The minimum atomic E-state index is -4.92. The van der Waals surface area contributed by atoms with Crippen molar-refractivity contribution >= 4 is 14.5 Å². The number of unbranched alkanes of at least 4 members (excludes halogenated alkanes) is 24. The maximum atomic E-state index is 13.9. The average molecular weight is 721 g/mol. The molecule has 0 rings (SSSR count). The van der Waals surface area contributed by atoms with Gasteiger partial charge >= 0.3 is 26.9 Å². The Morgan fingerprint density at radius 3 is 1.31 bits per heavy atom. The lowest BCUT2D eigenvalue weighted by molar-refractivity contribution is -0.203. The summed E-state index contributed by atoms with van der Waals surface area (Å²) in [6.07, 6.45) is 16.7. The molecule has 0 aromatic carbocycles. The van der Waals surface area contributed by atoms with Crippen LogP contribution in [0.1, 0.15) is 187 Å². The van der Waals surface area contributed by atoms with Gasteiger partial charge in [-0.2, -0.15) is 26.3 Å². The van der Waals surface area contributed by atoms with E-state index in [9.17, 15) is 31.1 Å². The van der Waals surface area contributed by atoms with E-state index < -0.39 is 33.0 Å². The van der Waals surface area contributed by atoms with Crippen LogP contribution in [-0.2, 0) is 18.4 Å². The highest BCUT2D eigenvalue weighted by Crippen LogP contribution is 2.32. The molecule has 0 aliphatic carbocycles. The number of hydrogen-bond donors (Lipinski definition) is 0. The standard InChI is InChI=1S/C37H70F6O4Si/c1-4-6-7-8-9-10-11-13-16-19-22-25-28-31-34(36(38,39)40)47-48(3,46-5-2)33-30-27-24-21-18-15-12-14-17-20-23-26-29-32-45-35(44)37(41,42)43/h34H,4-33H2,1-3H3. The largest absolute Gasteiger partial charge is 0.490 e. The monoisotopic (exact) mass is 720 g/mol. The molecule has 48 heavy (non-hydrogen) atoms. The molecule has 0 aromatic rings. The molecule has 0 aliphatic heterocycles. The van der Waals surface area contributed by atoms with Gasteiger partial charge in [-0.05, 0) is 32.4 Å². The number of carbonyl (C=O) groups excluding carboxylic acids is 1. The molecule has 0 saturated carbocycles. The second-order valence-corrected chi connectivity index (χ2v) is 17.0. The number of halogens is 6. The Bertz CT molecular complexity index is 738. The smallest absolute Gasteiger partial charge is 0.459 e. The Labute approximate surface area is 290 Å². The molecule has 0 spiro atoms. The summed E-state index contributed by atoms with van der Waals surface area (Å²) in [5, 5.41) is 0. The van der Waals surface area contributed by atoms with Gasteiger partial charge in [0.25, 0.3) is 0 Å². The summed E-state index contributed by atoms with van der Waals surface area (Å²) in [6, 6.07) is 0.580. The molecule has 0 fully saturated rings. The SMILES string of the molecule is CCCCCCCCCCCCCCCC(O[Si](C)(CCCCCCCCCCCCCCCOC(=O)C(F)(F)F)OCC)C(F)(F)F. The number of ether oxygens (including phenoxy) is 1. The summed E-state index contributed by atoms with van der Waals surface area (Å²) in [6.45, 7) is 6.02. The quantitative estimate of drug-likeness (QED) is 0.0287. The van der Waals surface area contributed by atoms with Crippen LogP contribution in [0.15, 0.2) is 0 Å². The lowest BCUT2D eigenvalue weighted by Crippen LogP contribution is -2.47. The van der Waals surface area contributed by atoms with E-state index in [-0.39, 0.29) is 13.0 Å². The fourth-order valence-electron chi connectivity index (χ4n) is 6.15. The molecular weight excluding hydrogens is 650 g/mol. The fourth-order valence-corrected chi connectivity index (χ4v) is 8.83. The van der Waals surface area contributed by atoms with E-state index in [0.717, 1.165) is 96.3 Å². The lowest BCUT2D eigenvalue weighted by atomic mass is 10.0. The van der Waals surface area contributed by atoms with Crippen LogP contribution in [0.4, 0.5) is 26.3 Å².